The van der Waals surface area contributed by atoms with Crippen LogP contribution >= 0.6 is 0 Å². The second-order valence-corrected chi connectivity index (χ2v) is 4.92. The van der Waals surface area contributed by atoms with Gasteiger partial charge in [-0.2, -0.15) is 0 Å². The van der Waals surface area contributed by atoms with Crippen LogP contribution < -0.4 is 0 Å². The van der Waals surface area contributed by atoms with Crippen LogP contribution in [0.4, 0.5) is 0 Å². The van der Waals surface area contributed by atoms with Crippen molar-refractivity contribution in [2.75, 3.05) is 33.7 Å². The highest BCUT2D eigenvalue weighted by Gasteiger charge is 2.32. The lowest BCUT2D eigenvalue weighted by molar-refractivity contribution is -0.134. The van der Waals surface area contributed by atoms with E-state index in [-0.39, 0.29) is 5.92 Å². The van der Waals surface area contributed by atoms with Crippen LogP contribution in [0.25, 0.3) is 0 Å². The minimum atomic E-state index is 0.186. The zero-order valence-corrected chi connectivity index (χ0v) is 11.2. The highest BCUT2D eigenvalue weighted by atomic mass is 16.2. The van der Waals surface area contributed by atoms with Gasteiger partial charge >= 0.3 is 0 Å². The van der Waals surface area contributed by atoms with E-state index < -0.39 is 0 Å². The third-order valence-electron chi connectivity index (χ3n) is 3.56. The first-order valence-electron chi connectivity index (χ1n) is 6.20. The molecule has 4 heteroatoms. The van der Waals surface area contributed by atoms with Crippen molar-refractivity contribution in [1.82, 2.24) is 14.9 Å². The monoisotopic (exact) mass is 227 g/mol. The molecule has 0 aromatic carbocycles. The normalized spacial score (nSPS) is 22.1. The Kier molecular flexibility index (Phi) is 4.74. The molecule has 0 aromatic heterocycles. The second kappa shape index (κ2) is 5.64. The van der Waals surface area contributed by atoms with Crippen LogP contribution in [0.15, 0.2) is 0 Å². The maximum Gasteiger partial charge on any atom is 0.226 e. The molecule has 16 heavy (non-hydrogen) atoms. The summed E-state index contributed by atoms with van der Waals surface area (Å²) in [5.41, 5.74) is 0. The summed E-state index contributed by atoms with van der Waals surface area (Å²) in [7, 11) is 3.98. The first kappa shape index (κ1) is 13.5. The minimum Gasteiger partial charge on any atom is -0.346 e. The number of carbonyl (C=O) groups excluding carboxylic acids is 1. The molecule has 0 aromatic rings. The third-order valence-corrected chi connectivity index (χ3v) is 3.56. The largest absolute Gasteiger partial charge is 0.346 e. The molecule has 1 unspecified atom stereocenters. The van der Waals surface area contributed by atoms with Gasteiger partial charge in [0.25, 0.3) is 0 Å². The van der Waals surface area contributed by atoms with Gasteiger partial charge in [0.05, 0.1) is 5.92 Å². The summed E-state index contributed by atoms with van der Waals surface area (Å²) in [6, 6.07) is 0.498. The number of nitrogens with zero attached hydrogens (tertiary/aromatic N) is 3. The van der Waals surface area contributed by atoms with Crippen molar-refractivity contribution in [3.8, 4) is 0 Å². The minimum absolute atomic E-state index is 0.186. The number of hydrogen-bond donors (Lipinski definition) is 0. The van der Waals surface area contributed by atoms with E-state index in [2.05, 4.69) is 30.9 Å². The maximum atomic E-state index is 12.0. The third kappa shape index (κ3) is 2.95. The van der Waals surface area contributed by atoms with Crippen molar-refractivity contribution in [2.45, 2.75) is 33.2 Å². The van der Waals surface area contributed by atoms with Gasteiger partial charge in [0.15, 0.2) is 0 Å². The predicted octanol–water partition coefficient (Wildman–Crippen LogP) is 1.04. The first-order valence-corrected chi connectivity index (χ1v) is 6.20. The number of hydrazine groups is 1. The molecule has 0 aliphatic carbocycles. The number of hydrogen-bond acceptors (Lipinski definition) is 3. The summed E-state index contributed by atoms with van der Waals surface area (Å²) in [6.45, 7) is 9.04. The van der Waals surface area contributed by atoms with Crippen molar-refractivity contribution < 1.29 is 4.79 Å². The highest BCUT2D eigenvalue weighted by Crippen LogP contribution is 2.20. The van der Waals surface area contributed by atoms with Gasteiger partial charge in [-0.15, -0.1) is 0 Å². The van der Waals surface area contributed by atoms with Crippen LogP contribution in [0.3, 0.4) is 0 Å². The average Bonchev–Trinajstić information content (AvgIpc) is 2.74. The molecular formula is C12H25N3O. The SMILES string of the molecule is CCN(C)C(=O)C1CCN(N(C)C(C)C)C1. The van der Waals surface area contributed by atoms with Crippen LogP contribution in [-0.2, 0) is 4.79 Å². The molecule has 1 amide bonds. The first-order chi connectivity index (χ1) is 7.47. The lowest BCUT2D eigenvalue weighted by atomic mass is 10.1. The zero-order chi connectivity index (χ0) is 12.3. The molecule has 1 aliphatic heterocycles. The summed E-state index contributed by atoms with van der Waals surface area (Å²) >= 11 is 0. The summed E-state index contributed by atoms with van der Waals surface area (Å²) < 4.78 is 0. The fourth-order valence-corrected chi connectivity index (χ4v) is 2.02. The van der Waals surface area contributed by atoms with Crippen LogP contribution in [0, 0.1) is 5.92 Å². The van der Waals surface area contributed by atoms with E-state index in [4.69, 9.17) is 0 Å². The van der Waals surface area contributed by atoms with Crippen molar-refractivity contribution in [1.29, 1.82) is 0 Å². The standard InChI is InChI=1S/C12H25N3O/c1-6-13(4)12(16)11-7-8-15(9-11)14(5)10(2)3/h10-11H,6-9H2,1-5H3. The predicted molar refractivity (Wildman–Crippen MR) is 65.9 cm³/mol. The van der Waals surface area contributed by atoms with Gasteiger partial charge in [0.2, 0.25) is 5.91 Å². The van der Waals surface area contributed by atoms with Crippen molar-refractivity contribution in [2.24, 2.45) is 5.92 Å². The molecule has 1 atom stereocenters. The summed E-state index contributed by atoms with van der Waals surface area (Å²) in [5.74, 6) is 0.480. The molecule has 94 valence electrons. The number of carbonyl (C=O) groups is 1. The number of rotatable bonds is 4. The van der Waals surface area contributed by atoms with Gasteiger partial charge in [-0.05, 0) is 27.2 Å². The Hall–Kier alpha value is -0.610. The van der Waals surface area contributed by atoms with Crippen LogP contribution in [0.1, 0.15) is 27.2 Å². The van der Waals surface area contributed by atoms with E-state index in [0.717, 1.165) is 26.1 Å². The molecule has 0 saturated carbocycles. The van der Waals surface area contributed by atoms with Crippen LogP contribution in [0.2, 0.25) is 0 Å². The van der Waals surface area contributed by atoms with E-state index in [1.165, 1.54) is 0 Å². The van der Waals surface area contributed by atoms with Gasteiger partial charge in [-0.3, -0.25) is 4.79 Å². The summed E-state index contributed by atoms with van der Waals surface area (Å²) in [4.78, 5) is 13.8. The van der Waals surface area contributed by atoms with Crippen LogP contribution in [-0.4, -0.2) is 60.6 Å². The van der Waals surface area contributed by atoms with E-state index in [1.807, 2.05) is 18.9 Å². The summed E-state index contributed by atoms with van der Waals surface area (Å²) in [5, 5.41) is 4.52. The molecular weight excluding hydrogens is 202 g/mol. The van der Waals surface area contributed by atoms with E-state index >= 15 is 0 Å². The van der Waals surface area contributed by atoms with E-state index in [9.17, 15) is 4.79 Å². The van der Waals surface area contributed by atoms with Gasteiger partial charge < -0.3 is 4.90 Å². The molecule has 0 radical (unpaired) electrons. The Morgan fingerprint density at radius 1 is 1.44 bits per heavy atom. The smallest absolute Gasteiger partial charge is 0.226 e. The molecule has 1 saturated heterocycles. The lowest BCUT2D eigenvalue weighted by Crippen LogP contribution is -2.43. The van der Waals surface area contributed by atoms with Gasteiger partial charge in [0.1, 0.15) is 0 Å². The Balaban J connectivity index is 2.49. The number of amides is 1. The van der Waals surface area contributed by atoms with Crippen LogP contribution in [0.5, 0.6) is 0 Å². The summed E-state index contributed by atoms with van der Waals surface area (Å²) in [6.07, 6.45) is 0.986. The topological polar surface area (TPSA) is 26.8 Å². The lowest BCUT2D eigenvalue weighted by Gasteiger charge is -2.31. The zero-order valence-electron chi connectivity index (χ0n) is 11.2. The molecule has 0 bridgehead atoms. The molecule has 0 N–H and O–H groups in total. The van der Waals surface area contributed by atoms with Crippen molar-refractivity contribution in [3.63, 3.8) is 0 Å². The van der Waals surface area contributed by atoms with E-state index in [0.29, 0.717) is 11.9 Å². The highest BCUT2D eigenvalue weighted by molar-refractivity contribution is 5.79. The van der Waals surface area contributed by atoms with Crippen molar-refractivity contribution >= 4 is 5.91 Å². The molecule has 1 rings (SSSR count). The molecule has 1 aliphatic rings. The molecule has 1 fully saturated rings. The molecule has 4 nitrogen and oxygen atoms in total. The van der Waals surface area contributed by atoms with Gasteiger partial charge in [-0.1, -0.05) is 0 Å². The molecule has 0 spiro atoms. The van der Waals surface area contributed by atoms with Gasteiger partial charge in [0, 0.05) is 39.8 Å². The Morgan fingerprint density at radius 2 is 2.06 bits per heavy atom. The quantitative estimate of drug-likeness (QED) is 0.718. The fraction of sp³-hybridized carbons (Fsp3) is 0.917. The van der Waals surface area contributed by atoms with Gasteiger partial charge in [-0.25, -0.2) is 10.0 Å². The Bertz CT molecular complexity index is 242. The molecule has 1 heterocycles. The Morgan fingerprint density at radius 3 is 2.56 bits per heavy atom. The Labute approximate surface area is 99.2 Å². The maximum absolute atomic E-state index is 12.0. The second-order valence-electron chi connectivity index (χ2n) is 4.92. The van der Waals surface area contributed by atoms with E-state index in [1.54, 1.807) is 0 Å². The van der Waals surface area contributed by atoms with Crippen molar-refractivity contribution in [3.05, 3.63) is 0 Å². The average molecular weight is 227 g/mol. The fourth-order valence-electron chi connectivity index (χ4n) is 2.02.